The van der Waals surface area contributed by atoms with Crippen LogP contribution in [0, 0.1) is 23.7 Å². The smallest absolute Gasteiger partial charge is 0.405 e. The molecule has 6 unspecified atom stereocenters. The van der Waals surface area contributed by atoms with Gasteiger partial charge < -0.3 is 14.2 Å². The van der Waals surface area contributed by atoms with Crippen molar-refractivity contribution in [1.82, 2.24) is 0 Å². The minimum Gasteiger partial charge on any atom is -0.462 e. The number of carbonyl (C=O) groups is 2. The number of ether oxygens (including phenoxy) is 3. The summed E-state index contributed by atoms with van der Waals surface area (Å²) in [7, 11) is -5.76. The summed E-state index contributed by atoms with van der Waals surface area (Å²) >= 11 is 0. The average Bonchev–Trinajstić information content (AvgIpc) is 2.99. The fourth-order valence-corrected chi connectivity index (χ4v) is 3.99. The first-order valence-electron chi connectivity index (χ1n) is 8.40. The third-order valence-electron chi connectivity index (χ3n) is 5.27. The molecule has 0 aromatic carbocycles. The zero-order chi connectivity index (χ0) is 20.2. The van der Waals surface area contributed by atoms with Crippen LogP contribution in [0.1, 0.15) is 20.3 Å². The van der Waals surface area contributed by atoms with E-state index >= 15 is 0 Å². The Morgan fingerprint density at radius 1 is 1.30 bits per heavy atom. The maximum absolute atomic E-state index is 13.6. The molecule has 6 atom stereocenters. The molecule has 1 heterocycles. The highest BCUT2D eigenvalue weighted by atomic mass is 32.2. The fraction of sp³-hybridized carbons (Fsp3) is 0.750. The SMILES string of the molecule is CC(OC(=O)C1C2C=CC(C2)C1C(=O)OCC1(C)CO1)C(F)(F)S(=O)(=O)O. The number of esters is 2. The number of hydrogen-bond acceptors (Lipinski definition) is 7. The molecule has 0 spiro atoms. The van der Waals surface area contributed by atoms with Gasteiger partial charge in [0.2, 0.25) is 0 Å². The quantitative estimate of drug-likeness (QED) is 0.287. The highest BCUT2D eigenvalue weighted by molar-refractivity contribution is 7.86. The lowest BCUT2D eigenvalue weighted by Gasteiger charge is -2.28. The third kappa shape index (κ3) is 3.72. The molecule has 3 rings (SSSR count). The van der Waals surface area contributed by atoms with E-state index in [1.54, 1.807) is 19.1 Å². The summed E-state index contributed by atoms with van der Waals surface area (Å²) in [5.74, 6) is -4.41. The predicted octanol–water partition coefficient (Wildman–Crippen LogP) is 1.17. The summed E-state index contributed by atoms with van der Waals surface area (Å²) in [6, 6.07) is 0. The van der Waals surface area contributed by atoms with E-state index in [4.69, 9.17) is 14.0 Å². The molecule has 2 fully saturated rings. The van der Waals surface area contributed by atoms with Gasteiger partial charge in [-0.15, -0.1) is 0 Å². The molecule has 3 aliphatic rings. The molecule has 1 aliphatic heterocycles. The highest BCUT2D eigenvalue weighted by Gasteiger charge is 2.56. The van der Waals surface area contributed by atoms with E-state index < -0.39 is 50.9 Å². The van der Waals surface area contributed by atoms with E-state index in [0.29, 0.717) is 20.0 Å². The second kappa shape index (κ2) is 6.49. The first kappa shape index (κ1) is 20.2. The maximum atomic E-state index is 13.6. The monoisotopic (exact) mass is 410 g/mol. The molecule has 2 bridgehead atoms. The first-order chi connectivity index (χ1) is 12.4. The lowest BCUT2D eigenvalue weighted by molar-refractivity contribution is -0.172. The molecule has 2 aliphatic carbocycles. The Balaban J connectivity index is 1.70. The van der Waals surface area contributed by atoms with Gasteiger partial charge in [0.05, 0.1) is 18.4 Å². The molecular weight excluding hydrogens is 390 g/mol. The van der Waals surface area contributed by atoms with Crippen LogP contribution in [0.25, 0.3) is 0 Å². The van der Waals surface area contributed by atoms with Crippen LogP contribution in [0.15, 0.2) is 12.2 Å². The van der Waals surface area contributed by atoms with Crippen molar-refractivity contribution in [2.75, 3.05) is 13.2 Å². The lowest BCUT2D eigenvalue weighted by atomic mass is 9.83. The van der Waals surface area contributed by atoms with Gasteiger partial charge in [-0.25, -0.2) is 0 Å². The van der Waals surface area contributed by atoms with E-state index in [-0.39, 0.29) is 18.4 Å². The average molecular weight is 410 g/mol. The van der Waals surface area contributed by atoms with Gasteiger partial charge in [-0.2, -0.15) is 17.2 Å². The van der Waals surface area contributed by atoms with Crippen LogP contribution in [0.3, 0.4) is 0 Å². The van der Waals surface area contributed by atoms with Crippen LogP contribution in [0.5, 0.6) is 0 Å². The molecule has 1 saturated heterocycles. The first-order valence-corrected chi connectivity index (χ1v) is 9.84. The largest absolute Gasteiger partial charge is 0.462 e. The van der Waals surface area contributed by atoms with Crippen molar-refractivity contribution in [3.63, 3.8) is 0 Å². The number of halogens is 2. The van der Waals surface area contributed by atoms with E-state index in [0.717, 1.165) is 0 Å². The summed E-state index contributed by atoms with van der Waals surface area (Å²) in [5.41, 5.74) is -0.537. The molecule has 11 heteroatoms. The van der Waals surface area contributed by atoms with E-state index in [9.17, 15) is 26.8 Å². The molecule has 1 saturated carbocycles. The molecule has 0 amide bonds. The van der Waals surface area contributed by atoms with Gasteiger partial charge in [0.25, 0.3) is 0 Å². The van der Waals surface area contributed by atoms with Gasteiger partial charge in [0.15, 0.2) is 6.10 Å². The molecule has 0 radical (unpaired) electrons. The summed E-state index contributed by atoms with van der Waals surface area (Å²) in [6.45, 7) is 2.88. The topological polar surface area (TPSA) is 120 Å². The third-order valence-corrected chi connectivity index (χ3v) is 6.29. The summed E-state index contributed by atoms with van der Waals surface area (Å²) in [6.07, 6.45) is 1.53. The standard InChI is InChI=1S/C16H20F2O8S/c1-8(16(17,18)27(21,22)23)26-14(20)12-10-4-3-9(5-10)11(12)13(19)24-6-15(2)7-25-15/h3-4,8-12H,5-7H2,1-2H3,(H,21,22,23). The number of rotatable bonds is 7. The van der Waals surface area contributed by atoms with Crippen molar-refractivity contribution < 1.29 is 45.6 Å². The van der Waals surface area contributed by atoms with Crippen LogP contribution in [-0.2, 0) is 33.9 Å². The van der Waals surface area contributed by atoms with Crippen LogP contribution in [-0.4, -0.2) is 55.1 Å². The van der Waals surface area contributed by atoms with Gasteiger partial charge in [0, 0.05) is 0 Å². The molecule has 8 nitrogen and oxygen atoms in total. The molecule has 152 valence electrons. The Morgan fingerprint density at radius 2 is 1.81 bits per heavy atom. The van der Waals surface area contributed by atoms with E-state index in [1.807, 2.05) is 0 Å². The summed E-state index contributed by atoms with van der Waals surface area (Å²) in [4.78, 5) is 24.9. The predicted molar refractivity (Wildman–Crippen MR) is 85.1 cm³/mol. The Kier molecular flexibility index (Phi) is 4.84. The Bertz CT molecular complexity index is 773. The number of hydrogen-bond donors (Lipinski definition) is 1. The van der Waals surface area contributed by atoms with Crippen molar-refractivity contribution in [2.45, 2.75) is 37.2 Å². The van der Waals surface area contributed by atoms with Crippen molar-refractivity contribution in [3.8, 4) is 0 Å². The molecule has 0 aromatic heterocycles. The molecule has 27 heavy (non-hydrogen) atoms. The minimum absolute atomic E-state index is 0.0163. The lowest BCUT2D eigenvalue weighted by Crippen LogP contribution is -2.44. The minimum atomic E-state index is -5.76. The van der Waals surface area contributed by atoms with Crippen molar-refractivity contribution in [3.05, 3.63) is 12.2 Å². The van der Waals surface area contributed by atoms with Crippen molar-refractivity contribution >= 4 is 22.1 Å². The Morgan fingerprint density at radius 3 is 2.30 bits per heavy atom. The van der Waals surface area contributed by atoms with Gasteiger partial charge >= 0.3 is 27.3 Å². The van der Waals surface area contributed by atoms with Gasteiger partial charge in [0.1, 0.15) is 12.2 Å². The van der Waals surface area contributed by atoms with Crippen LogP contribution < -0.4 is 0 Å². The van der Waals surface area contributed by atoms with Crippen LogP contribution >= 0.6 is 0 Å². The van der Waals surface area contributed by atoms with E-state index in [1.165, 1.54) is 0 Å². The Hall–Kier alpha value is -1.59. The summed E-state index contributed by atoms with van der Waals surface area (Å²) in [5, 5.41) is -4.66. The second-order valence-electron chi connectivity index (χ2n) is 7.46. The van der Waals surface area contributed by atoms with Crippen LogP contribution in [0.4, 0.5) is 8.78 Å². The summed E-state index contributed by atoms with van der Waals surface area (Å²) < 4.78 is 72.5. The molecule has 0 aromatic rings. The zero-order valence-corrected chi connectivity index (χ0v) is 15.4. The number of carbonyl (C=O) groups excluding carboxylic acids is 2. The van der Waals surface area contributed by atoms with Crippen molar-refractivity contribution in [2.24, 2.45) is 23.7 Å². The van der Waals surface area contributed by atoms with Gasteiger partial charge in [-0.05, 0) is 32.1 Å². The van der Waals surface area contributed by atoms with Gasteiger partial charge in [-0.1, -0.05) is 12.2 Å². The zero-order valence-electron chi connectivity index (χ0n) is 14.6. The second-order valence-corrected chi connectivity index (χ2v) is 8.96. The number of epoxide rings is 1. The highest BCUT2D eigenvalue weighted by Crippen LogP contribution is 2.49. The maximum Gasteiger partial charge on any atom is 0.405 e. The molecular formula is C16H20F2O8S. The number of allylic oxidation sites excluding steroid dienone is 2. The van der Waals surface area contributed by atoms with Gasteiger partial charge in [-0.3, -0.25) is 14.1 Å². The van der Waals surface area contributed by atoms with Crippen molar-refractivity contribution in [1.29, 1.82) is 0 Å². The number of alkyl halides is 2. The fourth-order valence-electron chi connectivity index (χ4n) is 3.52. The Labute approximate surface area is 154 Å². The van der Waals surface area contributed by atoms with Crippen LogP contribution in [0.2, 0.25) is 0 Å². The number of fused-ring (bicyclic) bond motifs is 2. The van der Waals surface area contributed by atoms with E-state index in [2.05, 4.69) is 4.74 Å². The normalized spacial score (nSPS) is 35.7. The molecule has 1 N–H and O–H groups in total.